The lowest BCUT2D eigenvalue weighted by Crippen LogP contribution is -2.56. The Morgan fingerprint density at radius 3 is 2.56 bits per heavy atom. The summed E-state index contributed by atoms with van der Waals surface area (Å²) in [6, 6.07) is 4.49. The number of fused-ring (bicyclic) bond motifs is 1. The summed E-state index contributed by atoms with van der Waals surface area (Å²) in [7, 11) is 1.47. The lowest BCUT2D eigenvalue weighted by molar-refractivity contribution is 0.0699. The number of aromatic nitrogens is 2. The van der Waals surface area contributed by atoms with Gasteiger partial charge < -0.3 is 14.7 Å². The molecular weight excluding hydrogens is 320 g/mol. The Balaban J connectivity index is 2.08. The van der Waals surface area contributed by atoms with Gasteiger partial charge in [-0.15, -0.1) is 0 Å². The molecule has 1 aromatic carbocycles. The minimum atomic E-state index is -1.00. The van der Waals surface area contributed by atoms with Crippen molar-refractivity contribution in [2.45, 2.75) is 32.9 Å². The number of hydrogen-bond donors (Lipinski definition) is 1. The van der Waals surface area contributed by atoms with E-state index in [0.717, 1.165) is 30.7 Å². The summed E-state index contributed by atoms with van der Waals surface area (Å²) >= 11 is 0. The fraction of sp³-hybridized carbons (Fsp3) is 0.500. The third-order valence-corrected chi connectivity index (χ3v) is 4.93. The Labute approximate surface area is 147 Å². The summed E-state index contributed by atoms with van der Waals surface area (Å²) in [5, 5.41) is 10.2. The molecule has 0 bridgehead atoms. The molecule has 2 atom stereocenters. The zero-order chi connectivity index (χ0) is 18.1. The molecule has 0 spiro atoms. The van der Waals surface area contributed by atoms with Gasteiger partial charge >= 0.3 is 12.0 Å². The van der Waals surface area contributed by atoms with Gasteiger partial charge in [0.2, 0.25) is 0 Å². The molecule has 1 aliphatic heterocycles. The van der Waals surface area contributed by atoms with Crippen LogP contribution in [0.3, 0.4) is 0 Å². The number of carboxylic acid groups (broad SMARTS) is 1. The average Bonchev–Trinajstić information content (AvgIpc) is 2.59. The number of ether oxygens (including phenoxy) is 1. The second kappa shape index (κ2) is 6.84. The van der Waals surface area contributed by atoms with Crippen molar-refractivity contribution in [1.29, 1.82) is 0 Å². The molecule has 0 amide bonds. The van der Waals surface area contributed by atoms with Crippen LogP contribution >= 0.6 is 0 Å². The van der Waals surface area contributed by atoms with Gasteiger partial charge in [0.05, 0.1) is 18.2 Å². The lowest BCUT2D eigenvalue weighted by atomic mass is 10.0. The van der Waals surface area contributed by atoms with Gasteiger partial charge in [0.25, 0.3) is 0 Å². The maximum absolute atomic E-state index is 11.6. The standard InChI is InChI=1S/C18H24N4O3/c1-5-22-11(2)9-21(10-12(22)3)15-7-6-13(17(23)24)16-14(15)8-19-18(20-16)25-4/h6-8,11-12H,5,9-10H2,1-4H3,(H,23,24). The number of anilines is 1. The summed E-state index contributed by atoms with van der Waals surface area (Å²) in [5.74, 6) is -1.00. The topological polar surface area (TPSA) is 78.8 Å². The van der Waals surface area contributed by atoms with Crippen LogP contribution in [0, 0.1) is 0 Å². The Bertz CT molecular complexity index is 783. The molecule has 2 aromatic rings. The van der Waals surface area contributed by atoms with Crippen molar-refractivity contribution in [2.24, 2.45) is 0 Å². The van der Waals surface area contributed by atoms with E-state index in [0.29, 0.717) is 17.6 Å². The summed E-state index contributed by atoms with van der Waals surface area (Å²) in [4.78, 5) is 24.8. The molecule has 134 valence electrons. The van der Waals surface area contributed by atoms with E-state index >= 15 is 0 Å². The van der Waals surface area contributed by atoms with Gasteiger partial charge in [0.1, 0.15) is 0 Å². The molecule has 1 N–H and O–H groups in total. The van der Waals surface area contributed by atoms with Crippen molar-refractivity contribution in [3.63, 3.8) is 0 Å². The van der Waals surface area contributed by atoms with Gasteiger partial charge in [-0.05, 0) is 32.5 Å². The van der Waals surface area contributed by atoms with Crippen molar-refractivity contribution in [2.75, 3.05) is 31.6 Å². The van der Waals surface area contributed by atoms with E-state index in [9.17, 15) is 9.90 Å². The molecule has 1 aromatic heterocycles. The Morgan fingerprint density at radius 2 is 2.00 bits per heavy atom. The van der Waals surface area contributed by atoms with Crippen molar-refractivity contribution >= 4 is 22.6 Å². The van der Waals surface area contributed by atoms with Gasteiger partial charge in [-0.1, -0.05) is 6.92 Å². The van der Waals surface area contributed by atoms with Crippen LogP contribution in [0.15, 0.2) is 18.3 Å². The van der Waals surface area contributed by atoms with E-state index < -0.39 is 5.97 Å². The minimum Gasteiger partial charge on any atom is -0.478 e. The van der Waals surface area contributed by atoms with E-state index in [4.69, 9.17) is 4.74 Å². The quantitative estimate of drug-likeness (QED) is 0.911. The molecule has 7 nitrogen and oxygen atoms in total. The fourth-order valence-corrected chi connectivity index (χ4v) is 3.81. The average molecular weight is 344 g/mol. The van der Waals surface area contributed by atoms with Gasteiger partial charge in [-0.2, -0.15) is 4.98 Å². The number of aromatic carboxylic acids is 1. The van der Waals surface area contributed by atoms with E-state index in [-0.39, 0.29) is 11.6 Å². The molecule has 25 heavy (non-hydrogen) atoms. The highest BCUT2D eigenvalue weighted by atomic mass is 16.5. The predicted octanol–water partition coefficient (Wildman–Crippen LogP) is 2.26. The Morgan fingerprint density at radius 1 is 1.32 bits per heavy atom. The summed E-state index contributed by atoms with van der Waals surface area (Å²) < 4.78 is 5.07. The third kappa shape index (κ3) is 3.11. The molecule has 1 saturated heterocycles. The van der Waals surface area contributed by atoms with Crippen LogP contribution in [0.25, 0.3) is 10.9 Å². The number of rotatable bonds is 4. The molecule has 7 heteroatoms. The smallest absolute Gasteiger partial charge is 0.337 e. The monoisotopic (exact) mass is 344 g/mol. The third-order valence-electron chi connectivity index (χ3n) is 4.93. The molecule has 0 aliphatic carbocycles. The number of piperazine rings is 1. The number of carboxylic acids is 1. The lowest BCUT2D eigenvalue weighted by Gasteiger charge is -2.45. The number of likely N-dealkylation sites (N-methyl/N-ethyl adjacent to an activating group) is 1. The van der Waals surface area contributed by atoms with E-state index in [2.05, 4.69) is 40.5 Å². The fourth-order valence-electron chi connectivity index (χ4n) is 3.81. The highest BCUT2D eigenvalue weighted by Gasteiger charge is 2.29. The van der Waals surface area contributed by atoms with Gasteiger partial charge in [0, 0.05) is 42.4 Å². The Kier molecular flexibility index (Phi) is 4.76. The Hall–Kier alpha value is -2.41. The van der Waals surface area contributed by atoms with Gasteiger partial charge in [-0.25, -0.2) is 9.78 Å². The number of hydrogen-bond acceptors (Lipinski definition) is 6. The highest BCUT2D eigenvalue weighted by molar-refractivity contribution is 6.05. The largest absolute Gasteiger partial charge is 0.478 e. The number of methoxy groups -OCH3 is 1. The zero-order valence-electron chi connectivity index (χ0n) is 15.1. The summed E-state index contributed by atoms with van der Waals surface area (Å²) in [6.07, 6.45) is 1.66. The van der Waals surface area contributed by atoms with E-state index in [1.807, 2.05) is 6.07 Å². The minimum absolute atomic E-state index is 0.160. The molecule has 2 unspecified atom stereocenters. The highest BCUT2D eigenvalue weighted by Crippen LogP contribution is 2.31. The summed E-state index contributed by atoms with van der Waals surface area (Å²) in [5.41, 5.74) is 1.54. The van der Waals surface area contributed by atoms with Crippen molar-refractivity contribution in [3.05, 3.63) is 23.9 Å². The van der Waals surface area contributed by atoms with Crippen LogP contribution in [0.4, 0.5) is 5.69 Å². The van der Waals surface area contributed by atoms with Crippen LogP contribution in [0.1, 0.15) is 31.1 Å². The maximum Gasteiger partial charge on any atom is 0.337 e. The zero-order valence-corrected chi connectivity index (χ0v) is 15.1. The maximum atomic E-state index is 11.6. The van der Waals surface area contributed by atoms with Gasteiger partial charge in [0.15, 0.2) is 0 Å². The van der Waals surface area contributed by atoms with E-state index in [1.165, 1.54) is 7.11 Å². The summed E-state index contributed by atoms with van der Waals surface area (Å²) in [6.45, 7) is 9.41. The molecule has 0 saturated carbocycles. The SMILES string of the molecule is CCN1C(C)CN(c2ccc(C(=O)O)c3nc(OC)ncc23)CC1C. The van der Waals surface area contributed by atoms with Crippen molar-refractivity contribution < 1.29 is 14.6 Å². The van der Waals surface area contributed by atoms with Crippen LogP contribution in [0.5, 0.6) is 6.01 Å². The normalized spacial score (nSPS) is 21.5. The second-order valence-corrected chi connectivity index (χ2v) is 6.49. The van der Waals surface area contributed by atoms with Crippen LogP contribution < -0.4 is 9.64 Å². The first-order valence-corrected chi connectivity index (χ1v) is 8.54. The second-order valence-electron chi connectivity index (χ2n) is 6.49. The van der Waals surface area contributed by atoms with Crippen LogP contribution in [0.2, 0.25) is 0 Å². The van der Waals surface area contributed by atoms with Crippen LogP contribution in [-0.4, -0.2) is 64.8 Å². The molecule has 1 aliphatic rings. The molecule has 0 radical (unpaired) electrons. The first kappa shape index (κ1) is 17.4. The van der Waals surface area contributed by atoms with Crippen molar-refractivity contribution in [3.8, 4) is 6.01 Å². The number of carbonyl (C=O) groups is 1. The van der Waals surface area contributed by atoms with E-state index in [1.54, 1.807) is 12.3 Å². The van der Waals surface area contributed by atoms with Gasteiger partial charge in [-0.3, -0.25) is 4.90 Å². The first-order valence-electron chi connectivity index (χ1n) is 8.54. The molecule has 3 rings (SSSR count). The molecule has 1 fully saturated rings. The van der Waals surface area contributed by atoms with Crippen molar-refractivity contribution in [1.82, 2.24) is 14.9 Å². The first-order chi connectivity index (χ1) is 12.0. The predicted molar refractivity (Wildman–Crippen MR) is 96.6 cm³/mol. The number of nitrogens with zero attached hydrogens (tertiary/aromatic N) is 4. The van der Waals surface area contributed by atoms with Crippen LogP contribution in [-0.2, 0) is 0 Å². The number of benzene rings is 1. The molecular formula is C18H24N4O3. The molecule has 2 heterocycles.